The van der Waals surface area contributed by atoms with E-state index in [1.165, 1.54) is 34.3 Å². The molecule has 0 N–H and O–H groups in total. The lowest BCUT2D eigenvalue weighted by Crippen LogP contribution is -2.36. The van der Waals surface area contributed by atoms with Crippen molar-refractivity contribution in [2.75, 3.05) is 7.11 Å². The van der Waals surface area contributed by atoms with E-state index in [9.17, 15) is 0 Å². The first kappa shape index (κ1) is 24.3. The van der Waals surface area contributed by atoms with Crippen molar-refractivity contribution < 1.29 is 9.47 Å². The van der Waals surface area contributed by atoms with Gasteiger partial charge in [-0.1, -0.05) is 34.9 Å². The van der Waals surface area contributed by atoms with E-state index in [0.29, 0.717) is 0 Å². The van der Waals surface area contributed by atoms with Crippen LogP contribution in [0.2, 0.25) is 0 Å². The summed E-state index contributed by atoms with van der Waals surface area (Å²) in [6, 6.07) is 4.20. The fourth-order valence-corrected chi connectivity index (χ4v) is 4.10. The van der Waals surface area contributed by atoms with Crippen LogP contribution in [-0.2, 0) is 6.42 Å². The first-order valence-electron chi connectivity index (χ1n) is 11.5. The molecule has 0 bridgehead atoms. The molecule has 0 aromatic heterocycles. The molecule has 30 heavy (non-hydrogen) atoms. The van der Waals surface area contributed by atoms with Crippen LogP contribution in [0.3, 0.4) is 0 Å². The maximum Gasteiger partial charge on any atom is 0.126 e. The lowest BCUT2D eigenvalue weighted by atomic mass is 9.87. The molecule has 166 valence electrons. The van der Waals surface area contributed by atoms with Gasteiger partial charge in [-0.3, -0.25) is 0 Å². The summed E-state index contributed by atoms with van der Waals surface area (Å²) in [6.07, 6.45) is 16.0. The summed E-state index contributed by atoms with van der Waals surface area (Å²) in [5.74, 6) is 2.00. The van der Waals surface area contributed by atoms with Gasteiger partial charge in [-0.05, 0) is 116 Å². The SMILES string of the molecule is COc1cc(C)c2c(c1)CCC(C)(CC/C=C(\C)CC/C=C(\C)CCC=C(C)C)O2. The summed E-state index contributed by atoms with van der Waals surface area (Å²) < 4.78 is 11.9. The van der Waals surface area contributed by atoms with Crippen molar-refractivity contribution in [3.05, 3.63) is 58.2 Å². The predicted molar refractivity (Wildman–Crippen MR) is 130 cm³/mol. The molecule has 1 heterocycles. The standard InChI is InChI=1S/C28H42O2/c1-21(2)11-8-12-22(3)13-9-14-23(4)15-10-17-28(6)18-16-25-20-26(29-7)19-24(5)27(25)30-28/h11,13,15,19-20H,8-10,12,14,16-18H2,1-7H3/b22-13+,23-15+. The topological polar surface area (TPSA) is 18.5 Å². The Morgan fingerprint density at radius 3 is 2.27 bits per heavy atom. The Hall–Kier alpha value is -1.96. The fourth-order valence-electron chi connectivity index (χ4n) is 4.10. The van der Waals surface area contributed by atoms with Crippen LogP contribution in [0.4, 0.5) is 0 Å². The van der Waals surface area contributed by atoms with Crippen LogP contribution in [-0.4, -0.2) is 12.7 Å². The number of hydrogen-bond acceptors (Lipinski definition) is 2. The minimum Gasteiger partial charge on any atom is -0.497 e. The minimum absolute atomic E-state index is 0.0788. The van der Waals surface area contributed by atoms with E-state index >= 15 is 0 Å². The van der Waals surface area contributed by atoms with Crippen molar-refractivity contribution in [1.82, 2.24) is 0 Å². The largest absolute Gasteiger partial charge is 0.497 e. The average Bonchev–Trinajstić information content (AvgIpc) is 2.68. The summed E-state index contributed by atoms with van der Waals surface area (Å²) in [4.78, 5) is 0. The van der Waals surface area contributed by atoms with Crippen molar-refractivity contribution >= 4 is 0 Å². The molecule has 0 saturated carbocycles. The first-order valence-corrected chi connectivity index (χ1v) is 11.5. The maximum atomic E-state index is 6.50. The van der Waals surface area contributed by atoms with Gasteiger partial charge in [0.05, 0.1) is 7.11 Å². The molecule has 0 saturated heterocycles. The third kappa shape index (κ3) is 7.70. The molecular weight excluding hydrogens is 368 g/mol. The van der Waals surface area contributed by atoms with Crippen LogP contribution in [0, 0.1) is 6.92 Å². The van der Waals surface area contributed by atoms with Crippen molar-refractivity contribution in [2.45, 2.75) is 98.5 Å². The van der Waals surface area contributed by atoms with Gasteiger partial charge in [-0.15, -0.1) is 0 Å². The van der Waals surface area contributed by atoms with Crippen LogP contribution in [0.15, 0.2) is 47.1 Å². The van der Waals surface area contributed by atoms with Crippen LogP contribution in [0.5, 0.6) is 11.5 Å². The molecule has 2 heteroatoms. The minimum atomic E-state index is -0.0788. The third-order valence-electron chi connectivity index (χ3n) is 6.12. The lowest BCUT2D eigenvalue weighted by Gasteiger charge is -2.37. The summed E-state index contributed by atoms with van der Waals surface area (Å²) in [5, 5.41) is 0. The van der Waals surface area contributed by atoms with Gasteiger partial charge in [-0.25, -0.2) is 0 Å². The van der Waals surface area contributed by atoms with Gasteiger partial charge in [0.2, 0.25) is 0 Å². The first-order chi connectivity index (χ1) is 14.2. The molecule has 1 aliphatic rings. The van der Waals surface area contributed by atoms with Crippen LogP contribution >= 0.6 is 0 Å². The van der Waals surface area contributed by atoms with Crippen LogP contribution in [0.25, 0.3) is 0 Å². The average molecular weight is 411 g/mol. The van der Waals surface area contributed by atoms with E-state index in [1.54, 1.807) is 7.11 Å². The summed E-state index contributed by atoms with van der Waals surface area (Å²) in [7, 11) is 1.73. The molecule has 0 spiro atoms. The molecule has 0 aliphatic carbocycles. The molecule has 1 aliphatic heterocycles. The smallest absolute Gasteiger partial charge is 0.126 e. The Kier molecular flexibility index (Phi) is 9.27. The number of aryl methyl sites for hydroxylation is 2. The van der Waals surface area contributed by atoms with Gasteiger partial charge >= 0.3 is 0 Å². The fraction of sp³-hybridized carbons (Fsp3) is 0.571. The number of allylic oxidation sites excluding steroid dienone is 6. The quantitative estimate of drug-likeness (QED) is 0.361. The number of benzene rings is 1. The molecule has 0 radical (unpaired) electrons. The van der Waals surface area contributed by atoms with E-state index < -0.39 is 0 Å². The maximum absolute atomic E-state index is 6.50. The van der Waals surface area contributed by atoms with E-state index in [0.717, 1.165) is 56.4 Å². The third-order valence-corrected chi connectivity index (χ3v) is 6.12. The van der Waals surface area contributed by atoms with Crippen molar-refractivity contribution in [1.29, 1.82) is 0 Å². The normalized spacial score (nSPS) is 19.2. The van der Waals surface area contributed by atoms with Crippen molar-refractivity contribution in [3.63, 3.8) is 0 Å². The highest BCUT2D eigenvalue weighted by atomic mass is 16.5. The van der Waals surface area contributed by atoms with Crippen molar-refractivity contribution in [3.8, 4) is 11.5 Å². The molecule has 0 fully saturated rings. The Labute approximate surface area is 185 Å². The van der Waals surface area contributed by atoms with E-state index in [1.807, 2.05) is 0 Å². The highest BCUT2D eigenvalue weighted by Gasteiger charge is 2.32. The number of hydrogen-bond donors (Lipinski definition) is 0. The van der Waals surface area contributed by atoms with Crippen molar-refractivity contribution in [2.24, 2.45) is 0 Å². The molecule has 1 unspecified atom stereocenters. The summed E-state index contributed by atoms with van der Waals surface area (Å²) >= 11 is 0. The second-order valence-corrected chi connectivity index (χ2v) is 9.48. The molecule has 0 amide bonds. The lowest BCUT2D eigenvalue weighted by molar-refractivity contribution is 0.0561. The van der Waals surface area contributed by atoms with E-state index in [-0.39, 0.29) is 5.60 Å². The zero-order chi connectivity index (χ0) is 22.1. The Balaban J connectivity index is 1.81. The Morgan fingerprint density at radius 2 is 1.63 bits per heavy atom. The Bertz CT molecular complexity index is 793. The molecule has 1 aromatic rings. The van der Waals surface area contributed by atoms with Gasteiger partial charge in [0.15, 0.2) is 0 Å². The van der Waals surface area contributed by atoms with Gasteiger partial charge in [0.1, 0.15) is 17.1 Å². The summed E-state index contributed by atoms with van der Waals surface area (Å²) in [5.41, 5.74) is 6.79. The highest BCUT2D eigenvalue weighted by molar-refractivity contribution is 5.48. The van der Waals surface area contributed by atoms with Gasteiger partial charge < -0.3 is 9.47 Å². The van der Waals surface area contributed by atoms with Gasteiger partial charge in [0, 0.05) is 0 Å². The molecule has 2 rings (SSSR count). The van der Waals surface area contributed by atoms with Gasteiger partial charge in [-0.2, -0.15) is 0 Å². The molecule has 1 atom stereocenters. The number of methoxy groups -OCH3 is 1. The second-order valence-electron chi connectivity index (χ2n) is 9.48. The highest BCUT2D eigenvalue weighted by Crippen LogP contribution is 2.40. The molecule has 1 aromatic carbocycles. The predicted octanol–water partition coefficient (Wildman–Crippen LogP) is 8.29. The van der Waals surface area contributed by atoms with E-state index in [4.69, 9.17) is 9.47 Å². The number of rotatable bonds is 10. The second kappa shape index (κ2) is 11.4. The number of fused-ring (bicyclic) bond motifs is 1. The molecule has 2 nitrogen and oxygen atoms in total. The van der Waals surface area contributed by atoms with Gasteiger partial charge in [0.25, 0.3) is 0 Å². The van der Waals surface area contributed by atoms with E-state index in [2.05, 4.69) is 71.9 Å². The zero-order valence-corrected chi connectivity index (χ0v) is 20.4. The number of ether oxygens (including phenoxy) is 2. The van der Waals surface area contributed by atoms with Crippen LogP contribution < -0.4 is 9.47 Å². The van der Waals surface area contributed by atoms with Crippen LogP contribution in [0.1, 0.15) is 90.7 Å². The monoisotopic (exact) mass is 410 g/mol. The molecular formula is C28H42O2. The summed E-state index contributed by atoms with van der Waals surface area (Å²) in [6.45, 7) is 13.2. The Morgan fingerprint density at radius 1 is 1.00 bits per heavy atom. The zero-order valence-electron chi connectivity index (χ0n) is 20.4.